The molecule has 0 unspecified atom stereocenters. The molecule has 1 nitrogen and oxygen atoms in total. The minimum Gasteiger partial charge on any atom is -0.300 e. The fourth-order valence-electron chi connectivity index (χ4n) is 1.20. The molecule has 0 aromatic heterocycles. The van der Waals surface area contributed by atoms with Gasteiger partial charge in [-0.3, -0.25) is 0 Å². The summed E-state index contributed by atoms with van der Waals surface area (Å²) in [6.45, 7) is 1.65. The van der Waals surface area contributed by atoms with Gasteiger partial charge < -0.3 is 4.79 Å². The lowest BCUT2D eigenvalue weighted by Gasteiger charge is -2.06. The summed E-state index contributed by atoms with van der Waals surface area (Å²) >= 11 is 0. The summed E-state index contributed by atoms with van der Waals surface area (Å²) in [6, 6.07) is 0. The van der Waals surface area contributed by atoms with Crippen molar-refractivity contribution in [3.8, 4) is 0 Å². The van der Waals surface area contributed by atoms with Crippen LogP contribution in [0.15, 0.2) is 23.8 Å². The first-order valence-corrected chi connectivity index (χ1v) is 4.13. The first-order chi connectivity index (χ1) is 5.29. The van der Waals surface area contributed by atoms with E-state index in [0.717, 1.165) is 19.3 Å². The largest absolute Gasteiger partial charge is 0.300 e. The number of Topliss-reactive ketones (excluding diaryl/α,β-unsaturated/α-hetero) is 1. The number of hydrogen-bond acceptors (Lipinski definition) is 1. The molecule has 0 bridgehead atoms. The zero-order valence-corrected chi connectivity index (χ0v) is 6.97. The fourth-order valence-corrected chi connectivity index (χ4v) is 1.20. The van der Waals surface area contributed by atoms with E-state index in [2.05, 4.69) is 18.2 Å². The van der Waals surface area contributed by atoms with Crippen LogP contribution in [0.4, 0.5) is 0 Å². The molecule has 1 heteroatoms. The van der Waals surface area contributed by atoms with E-state index in [4.69, 9.17) is 0 Å². The normalized spacial score (nSPS) is 16.3. The van der Waals surface area contributed by atoms with E-state index in [-0.39, 0.29) is 0 Å². The molecule has 0 N–H and O–H groups in total. The van der Waals surface area contributed by atoms with E-state index >= 15 is 0 Å². The number of rotatable bonds is 3. The molecular weight excluding hydrogens is 136 g/mol. The third-order valence-corrected chi connectivity index (χ3v) is 1.90. The highest BCUT2D eigenvalue weighted by molar-refractivity contribution is 5.75. The van der Waals surface area contributed by atoms with Gasteiger partial charge in [-0.25, -0.2) is 0 Å². The van der Waals surface area contributed by atoms with Crippen molar-refractivity contribution in [1.29, 1.82) is 0 Å². The van der Waals surface area contributed by atoms with Gasteiger partial charge in [0.15, 0.2) is 0 Å². The predicted octanol–water partition coefficient (Wildman–Crippen LogP) is 2.63. The highest BCUT2D eigenvalue weighted by atomic mass is 16.1. The maximum atomic E-state index is 10.6. The van der Waals surface area contributed by atoms with Crippen molar-refractivity contribution >= 4 is 5.78 Å². The standard InChI is InChI=1S/C10H14O/c1-9(11)7-8-10-5-3-2-4-6-10/h2-3,5H,4,6-8H2,1H3. The zero-order valence-electron chi connectivity index (χ0n) is 6.97. The van der Waals surface area contributed by atoms with Crippen molar-refractivity contribution in [1.82, 2.24) is 0 Å². The summed E-state index contributed by atoms with van der Waals surface area (Å²) < 4.78 is 0. The average molecular weight is 150 g/mol. The lowest BCUT2D eigenvalue weighted by Crippen LogP contribution is -1.93. The van der Waals surface area contributed by atoms with E-state index in [1.807, 2.05) is 0 Å². The van der Waals surface area contributed by atoms with Gasteiger partial charge >= 0.3 is 0 Å². The smallest absolute Gasteiger partial charge is 0.130 e. The summed E-state index contributed by atoms with van der Waals surface area (Å²) in [4.78, 5) is 10.6. The maximum absolute atomic E-state index is 10.6. The van der Waals surface area contributed by atoms with Gasteiger partial charge in [0, 0.05) is 6.42 Å². The number of ketones is 1. The highest BCUT2D eigenvalue weighted by Gasteiger charge is 2.00. The maximum Gasteiger partial charge on any atom is 0.130 e. The molecule has 60 valence electrons. The summed E-state index contributed by atoms with van der Waals surface area (Å²) in [5.74, 6) is 0.292. The van der Waals surface area contributed by atoms with Crippen LogP contribution in [0.25, 0.3) is 0 Å². The van der Waals surface area contributed by atoms with Crippen molar-refractivity contribution < 1.29 is 4.79 Å². The lowest BCUT2D eigenvalue weighted by molar-refractivity contribution is -0.116. The first-order valence-electron chi connectivity index (χ1n) is 4.13. The Morgan fingerprint density at radius 2 is 2.45 bits per heavy atom. The predicted molar refractivity (Wildman–Crippen MR) is 46.4 cm³/mol. The van der Waals surface area contributed by atoms with Crippen LogP contribution in [-0.2, 0) is 4.79 Å². The second-order valence-electron chi connectivity index (χ2n) is 2.99. The Hall–Kier alpha value is -0.850. The molecule has 0 fully saturated rings. The van der Waals surface area contributed by atoms with Crippen LogP contribution in [0, 0.1) is 0 Å². The van der Waals surface area contributed by atoms with Crippen molar-refractivity contribution in [2.45, 2.75) is 32.6 Å². The van der Waals surface area contributed by atoms with Gasteiger partial charge in [0.25, 0.3) is 0 Å². The molecule has 0 heterocycles. The molecule has 0 aliphatic heterocycles. The van der Waals surface area contributed by atoms with E-state index in [1.54, 1.807) is 6.92 Å². The molecule has 1 aliphatic carbocycles. The van der Waals surface area contributed by atoms with Crippen LogP contribution in [0.3, 0.4) is 0 Å². The quantitative estimate of drug-likeness (QED) is 0.604. The van der Waals surface area contributed by atoms with Gasteiger partial charge in [-0.15, -0.1) is 0 Å². The molecule has 0 aromatic rings. The van der Waals surface area contributed by atoms with Crippen LogP contribution >= 0.6 is 0 Å². The molecule has 0 amide bonds. The molecule has 0 aromatic carbocycles. The SMILES string of the molecule is CC(=O)CCC1=CC=CCC1. The third kappa shape index (κ3) is 3.17. The Morgan fingerprint density at radius 1 is 1.64 bits per heavy atom. The van der Waals surface area contributed by atoms with E-state index in [9.17, 15) is 4.79 Å². The van der Waals surface area contributed by atoms with Gasteiger partial charge in [-0.05, 0) is 26.2 Å². The van der Waals surface area contributed by atoms with Crippen LogP contribution in [0.5, 0.6) is 0 Å². The van der Waals surface area contributed by atoms with Crippen molar-refractivity contribution in [3.05, 3.63) is 23.8 Å². The summed E-state index contributed by atoms with van der Waals surface area (Å²) in [7, 11) is 0. The number of carbonyl (C=O) groups excluding carboxylic acids is 1. The molecule has 0 atom stereocenters. The molecule has 0 radical (unpaired) electrons. The van der Waals surface area contributed by atoms with Gasteiger partial charge in [0.1, 0.15) is 5.78 Å². The molecule has 0 saturated heterocycles. The average Bonchev–Trinajstić information content (AvgIpc) is 2.03. The van der Waals surface area contributed by atoms with Crippen LogP contribution < -0.4 is 0 Å². The van der Waals surface area contributed by atoms with Crippen molar-refractivity contribution in [2.24, 2.45) is 0 Å². The summed E-state index contributed by atoms with van der Waals surface area (Å²) in [5, 5.41) is 0. The minimum atomic E-state index is 0.292. The lowest BCUT2D eigenvalue weighted by atomic mass is 10.00. The van der Waals surface area contributed by atoms with Crippen LogP contribution in [-0.4, -0.2) is 5.78 Å². The third-order valence-electron chi connectivity index (χ3n) is 1.90. The number of allylic oxidation sites excluding steroid dienone is 4. The molecule has 1 rings (SSSR count). The Morgan fingerprint density at radius 3 is 3.00 bits per heavy atom. The summed E-state index contributed by atoms with van der Waals surface area (Å²) in [5.41, 5.74) is 1.42. The van der Waals surface area contributed by atoms with Gasteiger partial charge in [-0.1, -0.05) is 23.8 Å². The van der Waals surface area contributed by atoms with Crippen molar-refractivity contribution in [2.75, 3.05) is 0 Å². The van der Waals surface area contributed by atoms with E-state index in [1.165, 1.54) is 5.57 Å². The molecule has 1 aliphatic rings. The highest BCUT2D eigenvalue weighted by Crippen LogP contribution is 2.16. The van der Waals surface area contributed by atoms with Crippen molar-refractivity contribution in [3.63, 3.8) is 0 Å². The van der Waals surface area contributed by atoms with E-state index in [0.29, 0.717) is 12.2 Å². The van der Waals surface area contributed by atoms with Gasteiger partial charge in [-0.2, -0.15) is 0 Å². The Labute approximate surface area is 67.8 Å². The fraction of sp³-hybridized carbons (Fsp3) is 0.500. The Bertz CT molecular complexity index is 199. The van der Waals surface area contributed by atoms with E-state index < -0.39 is 0 Å². The van der Waals surface area contributed by atoms with Gasteiger partial charge in [0.05, 0.1) is 0 Å². The topological polar surface area (TPSA) is 17.1 Å². The monoisotopic (exact) mass is 150 g/mol. The molecular formula is C10H14O. The Kier molecular flexibility index (Phi) is 3.09. The number of hydrogen-bond donors (Lipinski definition) is 0. The first kappa shape index (κ1) is 8.25. The van der Waals surface area contributed by atoms with Crippen LogP contribution in [0.2, 0.25) is 0 Å². The second kappa shape index (κ2) is 4.12. The number of carbonyl (C=O) groups is 1. The molecule has 0 spiro atoms. The van der Waals surface area contributed by atoms with Crippen LogP contribution in [0.1, 0.15) is 32.6 Å². The second-order valence-corrected chi connectivity index (χ2v) is 2.99. The Balaban J connectivity index is 2.31. The zero-order chi connectivity index (χ0) is 8.10. The minimum absolute atomic E-state index is 0.292. The van der Waals surface area contributed by atoms with Gasteiger partial charge in [0.2, 0.25) is 0 Å². The molecule has 0 saturated carbocycles. The summed E-state index contributed by atoms with van der Waals surface area (Å²) in [6.07, 6.45) is 10.3. The molecule has 11 heavy (non-hydrogen) atoms.